The lowest BCUT2D eigenvalue weighted by Crippen LogP contribution is -2.42. The standard InChI is InChI=1S/C16H27N5O/c1-2-4-14-10-20(9-13-5-3-6-13)11-15(14)18-16(22)12-21-8-7-17-19-21/h7-8,13-15H,2-6,9-12H2,1H3,(H,18,22). The van der Waals surface area contributed by atoms with E-state index in [9.17, 15) is 4.79 Å². The Kier molecular flexibility index (Phi) is 5.08. The van der Waals surface area contributed by atoms with Crippen molar-refractivity contribution in [1.29, 1.82) is 0 Å². The molecule has 1 saturated carbocycles. The zero-order chi connectivity index (χ0) is 15.4. The highest BCUT2D eigenvalue weighted by Gasteiger charge is 2.34. The van der Waals surface area contributed by atoms with E-state index in [1.807, 2.05) is 0 Å². The number of hydrogen-bond acceptors (Lipinski definition) is 4. The fraction of sp³-hybridized carbons (Fsp3) is 0.812. The van der Waals surface area contributed by atoms with E-state index >= 15 is 0 Å². The first-order valence-electron chi connectivity index (χ1n) is 8.60. The average Bonchev–Trinajstić information content (AvgIpc) is 3.05. The van der Waals surface area contributed by atoms with Crippen LogP contribution in [0.25, 0.3) is 0 Å². The molecule has 1 amide bonds. The lowest BCUT2D eigenvalue weighted by atomic mass is 9.85. The summed E-state index contributed by atoms with van der Waals surface area (Å²) in [5.74, 6) is 1.53. The maximum atomic E-state index is 12.2. The summed E-state index contributed by atoms with van der Waals surface area (Å²) in [6.07, 6.45) is 9.86. The molecule has 2 fully saturated rings. The predicted molar refractivity (Wildman–Crippen MR) is 84.1 cm³/mol. The smallest absolute Gasteiger partial charge is 0.242 e. The Morgan fingerprint density at radius 3 is 2.86 bits per heavy atom. The van der Waals surface area contributed by atoms with Crippen molar-refractivity contribution in [3.05, 3.63) is 12.4 Å². The predicted octanol–water partition coefficient (Wildman–Crippen LogP) is 1.29. The first-order chi connectivity index (χ1) is 10.7. The van der Waals surface area contributed by atoms with Gasteiger partial charge in [0.2, 0.25) is 5.91 Å². The van der Waals surface area contributed by atoms with Crippen molar-refractivity contribution in [3.8, 4) is 0 Å². The van der Waals surface area contributed by atoms with Crippen molar-refractivity contribution >= 4 is 5.91 Å². The normalized spacial score (nSPS) is 26.0. The summed E-state index contributed by atoms with van der Waals surface area (Å²) in [5.41, 5.74) is 0. The molecule has 1 saturated heterocycles. The molecule has 1 aliphatic carbocycles. The molecule has 6 nitrogen and oxygen atoms in total. The second kappa shape index (κ2) is 7.22. The number of carbonyl (C=O) groups is 1. The minimum atomic E-state index is 0.0436. The van der Waals surface area contributed by atoms with Crippen LogP contribution in [0.2, 0.25) is 0 Å². The van der Waals surface area contributed by atoms with Crippen molar-refractivity contribution in [1.82, 2.24) is 25.2 Å². The Balaban J connectivity index is 1.51. The van der Waals surface area contributed by atoms with E-state index in [4.69, 9.17) is 0 Å². The van der Waals surface area contributed by atoms with Gasteiger partial charge in [-0.3, -0.25) is 4.79 Å². The van der Waals surface area contributed by atoms with Crippen molar-refractivity contribution in [2.75, 3.05) is 19.6 Å². The van der Waals surface area contributed by atoms with Crippen LogP contribution in [0.5, 0.6) is 0 Å². The summed E-state index contributed by atoms with van der Waals surface area (Å²) in [6.45, 7) is 5.85. The highest BCUT2D eigenvalue weighted by Crippen LogP contribution is 2.30. The molecule has 0 bridgehead atoms. The molecule has 1 aromatic heterocycles. The fourth-order valence-corrected chi connectivity index (χ4v) is 3.69. The summed E-state index contributed by atoms with van der Waals surface area (Å²) in [5, 5.41) is 10.8. The summed E-state index contributed by atoms with van der Waals surface area (Å²) in [4.78, 5) is 14.8. The molecule has 3 rings (SSSR count). The van der Waals surface area contributed by atoms with E-state index < -0.39 is 0 Å². The number of amides is 1. The first-order valence-corrected chi connectivity index (χ1v) is 8.60. The largest absolute Gasteiger partial charge is 0.350 e. The second-order valence-corrected chi connectivity index (χ2v) is 6.84. The molecule has 22 heavy (non-hydrogen) atoms. The van der Waals surface area contributed by atoms with Gasteiger partial charge in [-0.15, -0.1) is 5.10 Å². The molecular weight excluding hydrogens is 278 g/mol. The summed E-state index contributed by atoms with van der Waals surface area (Å²) in [7, 11) is 0. The van der Waals surface area contributed by atoms with E-state index in [0.29, 0.717) is 5.92 Å². The maximum absolute atomic E-state index is 12.2. The Bertz CT molecular complexity index is 471. The van der Waals surface area contributed by atoms with E-state index in [1.54, 1.807) is 17.1 Å². The molecule has 2 heterocycles. The molecule has 0 radical (unpaired) electrons. The number of rotatable bonds is 7. The SMILES string of the molecule is CCCC1CN(CC2CCC2)CC1NC(=O)Cn1ccnn1. The van der Waals surface area contributed by atoms with Crippen LogP contribution < -0.4 is 5.32 Å². The van der Waals surface area contributed by atoms with Crippen LogP contribution in [0.15, 0.2) is 12.4 Å². The summed E-state index contributed by atoms with van der Waals surface area (Å²) >= 11 is 0. The third kappa shape index (κ3) is 3.85. The van der Waals surface area contributed by atoms with Crippen molar-refractivity contribution in [2.45, 2.75) is 51.6 Å². The number of likely N-dealkylation sites (tertiary alicyclic amines) is 1. The third-order valence-electron chi connectivity index (χ3n) is 5.04. The molecule has 1 aromatic rings. The molecule has 2 atom stereocenters. The maximum Gasteiger partial charge on any atom is 0.242 e. The van der Waals surface area contributed by atoms with E-state index in [0.717, 1.165) is 19.0 Å². The van der Waals surface area contributed by atoms with Gasteiger partial charge in [-0.1, -0.05) is 25.0 Å². The minimum absolute atomic E-state index is 0.0436. The van der Waals surface area contributed by atoms with Crippen molar-refractivity contribution in [2.24, 2.45) is 11.8 Å². The van der Waals surface area contributed by atoms with E-state index in [-0.39, 0.29) is 18.5 Å². The molecule has 2 unspecified atom stereocenters. The van der Waals surface area contributed by atoms with Crippen LogP contribution in [0.1, 0.15) is 39.0 Å². The van der Waals surface area contributed by atoms with Gasteiger partial charge >= 0.3 is 0 Å². The van der Waals surface area contributed by atoms with Gasteiger partial charge in [-0.25, -0.2) is 4.68 Å². The molecular formula is C16H27N5O. The summed E-state index contributed by atoms with van der Waals surface area (Å²) < 4.78 is 1.57. The lowest BCUT2D eigenvalue weighted by Gasteiger charge is -2.30. The van der Waals surface area contributed by atoms with Crippen molar-refractivity contribution < 1.29 is 4.79 Å². The minimum Gasteiger partial charge on any atom is -0.350 e. The van der Waals surface area contributed by atoms with Crippen LogP contribution in [-0.2, 0) is 11.3 Å². The molecule has 2 aliphatic rings. The first kappa shape index (κ1) is 15.5. The van der Waals surface area contributed by atoms with E-state index in [2.05, 4.69) is 27.5 Å². The van der Waals surface area contributed by atoms with Crippen LogP contribution in [0, 0.1) is 11.8 Å². The van der Waals surface area contributed by atoms with Gasteiger partial charge in [0.25, 0.3) is 0 Å². The van der Waals surface area contributed by atoms with Gasteiger partial charge < -0.3 is 10.2 Å². The van der Waals surface area contributed by atoms with Gasteiger partial charge in [0, 0.05) is 31.9 Å². The van der Waals surface area contributed by atoms with Gasteiger partial charge in [-0.05, 0) is 31.1 Å². The monoisotopic (exact) mass is 305 g/mol. The van der Waals surface area contributed by atoms with Gasteiger partial charge in [0.1, 0.15) is 6.54 Å². The molecule has 0 aromatic carbocycles. The fourth-order valence-electron chi connectivity index (χ4n) is 3.69. The summed E-state index contributed by atoms with van der Waals surface area (Å²) in [6, 6.07) is 0.288. The topological polar surface area (TPSA) is 63.1 Å². The zero-order valence-corrected chi connectivity index (χ0v) is 13.4. The highest BCUT2D eigenvalue weighted by atomic mass is 16.2. The Hall–Kier alpha value is -1.43. The van der Waals surface area contributed by atoms with Crippen LogP contribution in [0.3, 0.4) is 0 Å². The number of aromatic nitrogens is 3. The average molecular weight is 305 g/mol. The zero-order valence-electron chi connectivity index (χ0n) is 13.4. The quantitative estimate of drug-likeness (QED) is 0.824. The Morgan fingerprint density at radius 1 is 1.36 bits per heavy atom. The van der Waals surface area contributed by atoms with Gasteiger partial charge in [0.15, 0.2) is 0 Å². The Morgan fingerprint density at radius 2 is 2.23 bits per heavy atom. The van der Waals surface area contributed by atoms with Crippen LogP contribution in [-0.4, -0.2) is 51.5 Å². The molecule has 1 N–H and O–H groups in total. The lowest BCUT2D eigenvalue weighted by molar-refractivity contribution is -0.122. The molecule has 1 aliphatic heterocycles. The number of hydrogen-bond donors (Lipinski definition) is 1. The molecule has 122 valence electrons. The van der Waals surface area contributed by atoms with Crippen molar-refractivity contribution in [3.63, 3.8) is 0 Å². The second-order valence-electron chi connectivity index (χ2n) is 6.84. The third-order valence-corrected chi connectivity index (χ3v) is 5.04. The number of carbonyl (C=O) groups excluding carboxylic acids is 1. The molecule has 0 spiro atoms. The van der Waals surface area contributed by atoms with Crippen LogP contribution in [0.4, 0.5) is 0 Å². The van der Waals surface area contributed by atoms with Gasteiger partial charge in [0.05, 0.1) is 6.20 Å². The number of nitrogens with one attached hydrogen (secondary N) is 1. The Labute approximate surface area is 132 Å². The van der Waals surface area contributed by atoms with Gasteiger partial charge in [-0.2, -0.15) is 0 Å². The van der Waals surface area contributed by atoms with E-state index in [1.165, 1.54) is 38.6 Å². The highest BCUT2D eigenvalue weighted by molar-refractivity contribution is 5.76. The molecule has 6 heteroatoms. The van der Waals surface area contributed by atoms with Crippen LogP contribution >= 0.6 is 0 Å². The number of nitrogens with zero attached hydrogens (tertiary/aromatic N) is 4.